The van der Waals surface area contributed by atoms with Crippen LogP contribution in [0.3, 0.4) is 0 Å². The van der Waals surface area contributed by atoms with Crippen LogP contribution >= 0.6 is 0 Å². The fraction of sp³-hybridized carbons (Fsp3) is 0.360. The van der Waals surface area contributed by atoms with Gasteiger partial charge in [0.05, 0.1) is 12.7 Å². The molecule has 9 heteroatoms. The first-order valence-corrected chi connectivity index (χ1v) is 11.0. The Balaban J connectivity index is 1.68. The summed E-state index contributed by atoms with van der Waals surface area (Å²) in [4.78, 5) is 36.7. The van der Waals surface area contributed by atoms with E-state index in [2.05, 4.69) is 10.6 Å². The third kappa shape index (κ3) is 5.35. The first-order chi connectivity index (χ1) is 16.3. The van der Waals surface area contributed by atoms with E-state index in [0.29, 0.717) is 6.42 Å². The van der Waals surface area contributed by atoms with Crippen molar-refractivity contribution in [1.29, 1.82) is 5.26 Å². The Kier molecular flexibility index (Phi) is 7.87. The maximum Gasteiger partial charge on any atom is 0.407 e. The maximum absolute atomic E-state index is 12.7. The van der Waals surface area contributed by atoms with Crippen molar-refractivity contribution in [3.63, 3.8) is 0 Å². The molecule has 2 unspecified atom stereocenters. The minimum Gasteiger partial charge on any atom is -0.479 e. The van der Waals surface area contributed by atoms with Crippen molar-refractivity contribution in [2.75, 3.05) is 13.2 Å². The number of nitriles is 1. The molecule has 2 amide bonds. The fourth-order valence-corrected chi connectivity index (χ4v) is 3.96. The normalized spacial score (nSPS) is 14.6. The average molecular weight is 466 g/mol. The van der Waals surface area contributed by atoms with Crippen LogP contribution in [0.5, 0.6) is 0 Å². The quantitative estimate of drug-likeness (QED) is 0.394. The van der Waals surface area contributed by atoms with Crippen LogP contribution in [-0.2, 0) is 14.3 Å². The summed E-state index contributed by atoms with van der Waals surface area (Å²) in [6, 6.07) is 16.6. The molecule has 4 N–H and O–H groups in total. The van der Waals surface area contributed by atoms with Crippen LogP contribution in [0.25, 0.3) is 11.1 Å². The van der Waals surface area contributed by atoms with E-state index in [1.54, 1.807) is 0 Å². The van der Waals surface area contributed by atoms with Crippen molar-refractivity contribution in [3.05, 3.63) is 59.7 Å². The molecule has 2 aromatic rings. The third-order valence-electron chi connectivity index (χ3n) is 5.92. The summed E-state index contributed by atoms with van der Waals surface area (Å²) in [5.41, 5.74) is 2.34. The van der Waals surface area contributed by atoms with Gasteiger partial charge in [-0.15, -0.1) is 0 Å². The standard InChI is InChI=1S/C25H27N3O6/c1-25(15-29,23(31)32)28-22(30)21(12-6-7-13-26)27-24(33)34-14-20-18-10-4-2-8-16(18)17-9-3-5-11-19(17)20/h2-5,8-11,20-21,29H,6-7,12,14-15H2,1H3,(H,27,33)(H,28,30)(H,31,32). The lowest BCUT2D eigenvalue weighted by Crippen LogP contribution is -2.59. The van der Waals surface area contributed by atoms with Gasteiger partial charge in [-0.2, -0.15) is 5.26 Å². The molecule has 0 heterocycles. The Bertz CT molecular complexity index is 1070. The van der Waals surface area contributed by atoms with Gasteiger partial charge in [-0.25, -0.2) is 9.59 Å². The summed E-state index contributed by atoms with van der Waals surface area (Å²) in [5, 5.41) is 32.2. The number of carbonyl (C=O) groups excluding carboxylic acids is 2. The number of carbonyl (C=O) groups is 3. The molecule has 0 aromatic heterocycles. The highest BCUT2D eigenvalue weighted by atomic mass is 16.5. The SMILES string of the molecule is CC(CO)(NC(=O)C(CCCC#N)NC(=O)OCC1c2ccccc2-c2ccccc21)C(=O)O. The van der Waals surface area contributed by atoms with Crippen molar-refractivity contribution in [2.45, 2.75) is 43.7 Å². The molecule has 0 spiro atoms. The number of benzene rings is 2. The summed E-state index contributed by atoms with van der Waals surface area (Å²) < 4.78 is 5.47. The van der Waals surface area contributed by atoms with Crippen LogP contribution in [0.1, 0.15) is 43.2 Å². The van der Waals surface area contributed by atoms with Gasteiger partial charge in [0.1, 0.15) is 12.6 Å². The number of aliphatic hydroxyl groups excluding tert-OH is 1. The van der Waals surface area contributed by atoms with Gasteiger partial charge in [0.25, 0.3) is 0 Å². The Labute approximate surface area is 197 Å². The molecule has 0 saturated carbocycles. The number of aliphatic hydroxyl groups is 1. The van der Waals surface area contributed by atoms with Crippen LogP contribution in [0.2, 0.25) is 0 Å². The van der Waals surface area contributed by atoms with Gasteiger partial charge in [0, 0.05) is 12.3 Å². The van der Waals surface area contributed by atoms with Gasteiger partial charge in [0.15, 0.2) is 5.54 Å². The van der Waals surface area contributed by atoms with E-state index in [1.807, 2.05) is 54.6 Å². The molecule has 1 aliphatic rings. The molecule has 0 aliphatic heterocycles. The number of nitrogens with one attached hydrogen (secondary N) is 2. The van der Waals surface area contributed by atoms with Crippen LogP contribution in [0.4, 0.5) is 4.79 Å². The Morgan fingerprint density at radius 3 is 2.24 bits per heavy atom. The zero-order valence-electron chi connectivity index (χ0n) is 18.8. The molecule has 0 fully saturated rings. The number of ether oxygens (including phenoxy) is 1. The summed E-state index contributed by atoms with van der Waals surface area (Å²) in [6.45, 7) is 0.382. The minimum atomic E-state index is -1.91. The number of aliphatic carboxylic acids is 1. The number of hydrogen-bond donors (Lipinski definition) is 4. The molecule has 0 radical (unpaired) electrons. The Hall–Kier alpha value is -3.90. The topological polar surface area (TPSA) is 149 Å². The molecule has 0 saturated heterocycles. The monoisotopic (exact) mass is 465 g/mol. The molecule has 1 aliphatic carbocycles. The number of carboxylic acids is 1. The van der Waals surface area contributed by atoms with Crippen LogP contribution < -0.4 is 10.6 Å². The second-order valence-electron chi connectivity index (χ2n) is 8.36. The first-order valence-electron chi connectivity index (χ1n) is 11.0. The molecular weight excluding hydrogens is 438 g/mol. The predicted molar refractivity (Wildman–Crippen MR) is 123 cm³/mol. The van der Waals surface area contributed by atoms with Gasteiger partial charge in [-0.3, -0.25) is 4.79 Å². The van der Waals surface area contributed by atoms with Crippen LogP contribution in [-0.4, -0.2) is 53.0 Å². The van der Waals surface area contributed by atoms with Crippen molar-refractivity contribution < 1.29 is 29.3 Å². The molecule has 0 bridgehead atoms. The smallest absolute Gasteiger partial charge is 0.407 e. The van der Waals surface area contributed by atoms with Gasteiger partial charge >= 0.3 is 12.1 Å². The lowest BCUT2D eigenvalue weighted by Gasteiger charge is -2.27. The Morgan fingerprint density at radius 2 is 1.71 bits per heavy atom. The summed E-state index contributed by atoms with van der Waals surface area (Å²) in [5.74, 6) is -2.36. The van der Waals surface area contributed by atoms with Crippen LogP contribution in [0.15, 0.2) is 48.5 Å². The predicted octanol–water partition coefficient (Wildman–Crippen LogP) is 2.54. The molecule has 3 rings (SSSR count). The molecule has 178 valence electrons. The average Bonchev–Trinajstić information content (AvgIpc) is 3.15. The number of fused-ring (bicyclic) bond motifs is 3. The van der Waals surface area contributed by atoms with Gasteiger partial charge < -0.3 is 25.6 Å². The van der Waals surface area contributed by atoms with Crippen molar-refractivity contribution in [2.24, 2.45) is 0 Å². The van der Waals surface area contributed by atoms with E-state index in [9.17, 15) is 24.6 Å². The van der Waals surface area contributed by atoms with E-state index in [-0.39, 0.29) is 25.4 Å². The number of amides is 2. The summed E-state index contributed by atoms with van der Waals surface area (Å²) in [6.07, 6.45) is -0.266. The van der Waals surface area contributed by atoms with Gasteiger partial charge in [-0.1, -0.05) is 48.5 Å². The van der Waals surface area contributed by atoms with Gasteiger partial charge in [-0.05, 0) is 42.0 Å². The fourth-order valence-electron chi connectivity index (χ4n) is 3.96. The van der Waals surface area contributed by atoms with E-state index < -0.39 is 36.2 Å². The molecule has 2 atom stereocenters. The number of alkyl carbamates (subject to hydrolysis) is 1. The highest BCUT2D eigenvalue weighted by Crippen LogP contribution is 2.44. The second kappa shape index (κ2) is 10.8. The third-order valence-corrected chi connectivity index (χ3v) is 5.92. The lowest BCUT2D eigenvalue weighted by molar-refractivity contribution is -0.149. The number of unbranched alkanes of at least 4 members (excludes halogenated alkanes) is 1. The number of carboxylic acid groups (broad SMARTS) is 1. The van der Waals surface area contributed by atoms with E-state index in [0.717, 1.165) is 29.2 Å². The molecule has 9 nitrogen and oxygen atoms in total. The number of hydrogen-bond acceptors (Lipinski definition) is 6. The first kappa shape index (κ1) is 24.7. The van der Waals surface area contributed by atoms with Crippen molar-refractivity contribution >= 4 is 18.0 Å². The van der Waals surface area contributed by atoms with Crippen LogP contribution in [0, 0.1) is 11.3 Å². The highest BCUT2D eigenvalue weighted by Gasteiger charge is 2.37. The van der Waals surface area contributed by atoms with E-state index >= 15 is 0 Å². The molecule has 34 heavy (non-hydrogen) atoms. The summed E-state index contributed by atoms with van der Waals surface area (Å²) in [7, 11) is 0. The Morgan fingerprint density at radius 1 is 1.12 bits per heavy atom. The van der Waals surface area contributed by atoms with Crippen molar-refractivity contribution in [1.82, 2.24) is 10.6 Å². The lowest BCUT2D eigenvalue weighted by atomic mass is 9.98. The maximum atomic E-state index is 12.7. The zero-order chi connectivity index (χ0) is 24.7. The molecule has 2 aromatic carbocycles. The number of rotatable bonds is 10. The minimum absolute atomic E-state index is 0.0515. The van der Waals surface area contributed by atoms with Gasteiger partial charge in [0.2, 0.25) is 5.91 Å². The second-order valence-corrected chi connectivity index (χ2v) is 8.36. The van der Waals surface area contributed by atoms with E-state index in [1.165, 1.54) is 0 Å². The van der Waals surface area contributed by atoms with E-state index in [4.69, 9.17) is 10.00 Å². The number of nitrogens with zero attached hydrogens (tertiary/aromatic N) is 1. The highest BCUT2D eigenvalue weighted by molar-refractivity contribution is 5.91. The summed E-state index contributed by atoms with van der Waals surface area (Å²) >= 11 is 0. The van der Waals surface area contributed by atoms with Crippen molar-refractivity contribution in [3.8, 4) is 17.2 Å². The molecular formula is C25H27N3O6. The largest absolute Gasteiger partial charge is 0.479 e. The zero-order valence-corrected chi connectivity index (χ0v) is 18.8.